The van der Waals surface area contributed by atoms with Crippen molar-refractivity contribution in [2.24, 2.45) is 7.05 Å². The minimum atomic E-state index is -0.288. The molecule has 3 heterocycles. The number of halogens is 1. The summed E-state index contributed by atoms with van der Waals surface area (Å²) in [6.07, 6.45) is 3.05. The smallest absolute Gasteiger partial charge is 0.293 e. The largest absolute Gasteiger partial charge is 0.480 e. The fourth-order valence-corrected chi connectivity index (χ4v) is 4.86. The van der Waals surface area contributed by atoms with Crippen LogP contribution in [0.3, 0.4) is 0 Å². The average Bonchev–Trinajstić information content (AvgIpc) is 2.90. The number of fused-ring (bicyclic) bond motifs is 1. The van der Waals surface area contributed by atoms with Gasteiger partial charge in [-0.3, -0.25) is 14.5 Å². The van der Waals surface area contributed by atoms with E-state index in [1.54, 1.807) is 26.2 Å². The molecule has 1 N–H and O–H groups in total. The first-order valence-electron chi connectivity index (χ1n) is 12.8. The van der Waals surface area contributed by atoms with E-state index < -0.39 is 0 Å². The van der Waals surface area contributed by atoms with E-state index in [0.29, 0.717) is 35.3 Å². The number of Topliss-reactive ketones (excluding diaryl/α,β-unsaturated/α-hetero) is 1. The zero-order chi connectivity index (χ0) is 26.7. The Bertz CT molecular complexity index is 1340. The van der Waals surface area contributed by atoms with E-state index in [1.807, 2.05) is 18.2 Å². The molecule has 9 nitrogen and oxygen atoms in total. The third-order valence-electron chi connectivity index (χ3n) is 6.91. The Labute approximate surface area is 222 Å². The third kappa shape index (κ3) is 5.88. The SMILES string of the molecule is CCC(=O)COc1cc2cc(Nc3nc(N4CCN(C(C)C)C(CC)C4)ncc3Cl)ccc2n(C)c1=O. The van der Waals surface area contributed by atoms with Gasteiger partial charge in [-0.2, -0.15) is 4.98 Å². The number of rotatable bonds is 9. The number of piperazine rings is 1. The molecule has 37 heavy (non-hydrogen) atoms. The number of hydrogen-bond donors (Lipinski definition) is 1. The van der Waals surface area contributed by atoms with Gasteiger partial charge in [-0.15, -0.1) is 0 Å². The highest BCUT2D eigenvalue weighted by molar-refractivity contribution is 6.32. The van der Waals surface area contributed by atoms with Gasteiger partial charge < -0.3 is 19.5 Å². The molecule has 1 aromatic carbocycles. The lowest BCUT2D eigenvalue weighted by Gasteiger charge is -2.43. The third-order valence-corrected chi connectivity index (χ3v) is 7.19. The first-order chi connectivity index (χ1) is 17.7. The van der Waals surface area contributed by atoms with Crippen LogP contribution in [-0.2, 0) is 11.8 Å². The number of benzene rings is 1. The van der Waals surface area contributed by atoms with Gasteiger partial charge in [0.1, 0.15) is 11.6 Å². The summed E-state index contributed by atoms with van der Waals surface area (Å²) in [5.74, 6) is 1.23. The minimum absolute atomic E-state index is 0.0670. The molecule has 1 aliphatic heterocycles. The van der Waals surface area contributed by atoms with E-state index in [4.69, 9.17) is 21.3 Å². The summed E-state index contributed by atoms with van der Waals surface area (Å²) in [4.78, 5) is 38.4. The second-order valence-corrected chi connectivity index (χ2v) is 10.1. The van der Waals surface area contributed by atoms with Crippen LogP contribution in [0.25, 0.3) is 10.9 Å². The standard InChI is InChI=1S/C27H35ClN6O3/c1-6-20-15-33(10-11-34(20)17(3)4)27-29-14-22(28)25(31-27)30-19-8-9-23-18(12-19)13-24(26(36)32(23)5)37-16-21(35)7-2/h8-9,12-14,17,20H,6-7,10-11,15-16H2,1-5H3,(H,29,30,31). The Kier molecular flexibility index (Phi) is 8.34. The number of nitrogens with zero attached hydrogens (tertiary/aromatic N) is 5. The number of aromatic nitrogens is 3. The van der Waals surface area contributed by atoms with Crippen LogP contribution in [0, 0.1) is 0 Å². The number of aryl methyl sites for hydroxylation is 1. The van der Waals surface area contributed by atoms with Crippen molar-refractivity contribution < 1.29 is 9.53 Å². The zero-order valence-electron chi connectivity index (χ0n) is 22.1. The lowest BCUT2D eigenvalue weighted by molar-refractivity contribution is -0.120. The Morgan fingerprint density at radius 1 is 1.24 bits per heavy atom. The summed E-state index contributed by atoms with van der Waals surface area (Å²) in [5.41, 5.74) is 1.21. The van der Waals surface area contributed by atoms with Gasteiger partial charge in [-0.1, -0.05) is 25.4 Å². The molecule has 0 spiro atoms. The summed E-state index contributed by atoms with van der Waals surface area (Å²) < 4.78 is 7.04. The number of carbonyl (C=O) groups excluding carboxylic acids is 1. The monoisotopic (exact) mass is 526 g/mol. The van der Waals surface area contributed by atoms with E-state index in [1.165, 1.54) is 4.57 Å². The predicted octanol–water partition coefficient (Wildman–Crippen LogP) is 4.39. The van der Waals surface area contributed by atoms with Crippen LogP contribution in [0.5, 0.6) is 5.75 Å². The molecule has 0 bridgehead atoms. The summed E-state index contributed by atoms with van der Waals surface area (Å²) in [7, 11) is 1.68. The molecule has 4 rings (SSSR count). The highest BCUT2D eigenvalue weighted by atomic mass is 35.5. The summed E-state index contributed by atoms with van der Waals surface area (Å²) in [6.45, 7) is 11.0. The fourth-order valence-electron chi connectivity index (χ4n) is 4.72. The van der Waals surface area contributed by atoms with Crippen molar-refractivity contribution in [1.82, 2.24) is 19.4 Å². The molecule has 2 aromatic heterocycles. The molecule has 3 aromatic rings. The Hall–Kier alpha value is -3.17. The normalized spacial score (nSPS) is 16.4. The maximum Gasteiger partial charge on any atom is 0.293 e. The van der Waals surface area contributed by atoms with Crippen molar-refractivity contribution in [2.75, 3.05) is 36.5 Å². The lowest BCUT2D eigenvalue weighted by atomic mass is 10.1. The minimum Gasteiger partial charge on any atom is -0.480 e. The molecule has 0 saturated carbocycles. The molecule has 0 radical (unpaired) electrons. The highest BCUT2D eigenvalue weighted by Gasteiger charge is 2.29. The molecular weight excluding hydrogens is 492 g/mol. The van der Waals surface area contributed by atoms with Crippen LogP contribution in [0.2, 0.25) is 5.02 Å². The lowest BCUT2D eigenvalue weighted by Crippen LogP contribution is -2.55. The first kappa shape index (κ1) is 26.9. The summed E-state index contributed by atoms with van der Waals surface area (Å²) >= 11 is 6.47. The van der Waals surface area contributed by atoms with Crippen molar-refractivity contribution in [3.05, 3.63) is 45.8 Å². The molecule has 1 atom stereocenters. The van der Waals surface area contributed by atoms with Gasteiger partial charge in [-0.25, -0.2) is 4.98 Å². The van der Waals surface area contributed by atoms with Gasteiger partial charge in [0.15, 0.2) is 17.4 Å². The predicted molar refractivity (Wildman–Crippen MR) is 148 cm³/mol. The summed E-state index contributed by atoms with van der Waals surface area (Å²) in [5, 5.41) is 4.51. The van der Waals surface area contributed by atoms with Gasteiger partial charge in [0.05, 0.1) is 11.7 Å². The molecule has 1 fully saturated rings. The van der Waals surface area contributed by atoms with Crippen LogP contribution in [0.4, 0.5) is 17.5 Å². The Morgan fingerprint density at radius 2 is 2.03 bits per heavy atom. The van der Waals surface area contributed by atoms with Crippen LogP contribution in [-0.4, -0.2) is 63.5 Å². The first-order valence-corrected chi connectivity index (χ1v) is 13.2. The summed E-state index contributed by atoms with van der Waals surface area (Å²) in [6, 6.07) is 8.23. The number of hydrogen-bond acceptors (Lipinski definition) is 8. The fraction of sp³-hybridized carbons (Fsp3) is 0.481. The van der Waals surface area contributed by atoms with Gasteiger partial charge in [0, 0.05) is 56.3 Å². The zero-order valence-corrected chi connectivity index (χ0v) is 22.9. The van der Waals surface area contributed by atoms with E-state index in [0.717, 1.165) is 42.6 Å². The van der Waals surface area contributed by atoms with Crippen molar-refractivity contribution in [2.45, 2.75) is 52.6 Å². The number of ketones is 1. The van der Waals surface area contributed by atoms with Crippen molar-refractivity contribution in [1.29, 1.82) is 0 Å². The van der Waals surface area contributed by atoms with Gasteiger partial charge in [-0.05, 0) is 44.5 Å². The second kappa shape index (κ2) is 11.5. The van der Waals surface area contributed by atoms with Crippen LogP contribution in [0.1, 0.15) is 40.5 Å². The van der Waals surface area contributed by atoms with E-state index >= 15 is 0 Å². The van der Waals surface area contributed by atoms with Gasteiger partial charge >= 0.3 is 0 Å². The number of ether oxygens (including phenoxy) is 1. The van der Waals surface area contributed by atoms with Gasteiger partial charge in [0.2, 0.25) is 5.95 Å². The van der Waals surface area contributed by atoms with E-state index in [9.17, 15) is 9.59 Å². The molecule has 0 amide bonds. The molecule has 1 saturated heterocycles. The number of carbonyl (C=O) groups is 1. The van der Waals surface area contributed by atoms with Crippen molar-refractivity contribution in [3.63, 3.8) is 0 Å². The topological polar surface area (TPSA) is 92.6 Å². The maximum absolute atomic E-state index is 12.7. The number of nitrogens with one attached hydrogen (secondary N) is 1. The Morgan fingerprint density at radius 3 is 2.73 bits per heavy atom. The van der Waals surface area contributed by atoms with Crippen molar-refractivity contribution in [3.8, 4) is 5.75 Å². The molecular formula is C27H35ClN6O3. The molecule has 1 unspecified atom stereocenters. The van der Waals surface area contributed by atoms with Crippen LogP contribution >= 0.6 is 11.6 Å². The van der Waals surface area contributed by atoms with E-state index in [2.05, 4.69) is 40.9 Å². The number of pyridine rings is 1. The Balaban J connectivity index is 1.58. The molecule has 0 aliphatic carbocycles. The number of anilines is 3. The average molecular weight is 527 g/mol. The second-order valence-electron chi connectivity index (χ2n) is 9.66. The van der Waals surface area contributed by atoms with E-state index in [-0.39, 0.29) is 23.7 Å². The highest BCUT2D eigenvalue weighted by Crippen LogP contribution is 2.28. The maximum atomic E-state index is 12.7. The quantitative estimate of drug-likeness (QED) is 0.439. The molecule has 198 valence electrons. The van der Waals surface area contributed by atoms with Gasteiger partial charge in [0.25, 0.3) is 5.56 Å². The van der Waals surface area contributed by atoms with Crippen LogP contribution in [0.15, 0.2) is 35.3 Å². The van der Waals surface area contributed by atoms with Crippen LogP contribution < -0.4 is 20.5 Å². The van der Waals surface area contributed by atoms with Crippen molar-refractivity contribution >= 4 is 45.7 Å². The molecule has 1 aliphatic rings. The molecule has 10 heteroatoms.